The molecule has 1 fully saturated rings. The number of hydrogen-bond acceptors (Lipinski definition) is 3. The molecule has 0 bridgehead atoms. The van der Waals surface area contributed by atoms with E-state index in [1.165, 1.54) is 25.7 Å². The zero-order valence-electron chi connectivity index (χ0n) is 11.2. The molecule has 1 aromatic heterocycles. The van der Waals surface area contributed by atoms with E-state index in [-0.39, 0.29) is 0 Å². The van der Waals surface area contributed by atoms with E-state index in [1.54, 1.807) is 0 Å². The molecule has 0 atom stereocenters. The molecule has 3 rings (SSSR count). The summed E-state index contributed by atoms with van der Waals surface area (Å²) in [5.41, 5.74) is 2.08. The molecule has 0 amide bonds. The number of fused-ring (bicyclic) bond motifs is 1. The Morgan fingerprint density at radius 1 is 1.26 bits per heavy atom. The molecule has 4 nitrogen and oxygen atoms in total. The first kappa shape index (κ1) is 12.5. The van der Waals surface area contributed by atoms with Gasteiger partial charge in [-0.1, -0.05) is 25.0 Å². The summed E-state index contributed by atoms with van der Waals surface area (Å²) < 4.78 is 5.83. The van der Waals surface area contributed by atoms with Gasteiger partial charge in [0.1, 0.15) is 0 Å². The number of ether oxygens (including phenoxy) is 1. The van der Waals surface area contributed by atoms with Crippen LogP contribution >= 0.6 is 0 Å². The highest BCUT2D eigenvalue weighted by Crippen LogP contribution is 2.20. The van der Waals surface area contributed by atoms with Gasteiger partial charge in [-0.05, 0) is 31.4 Å². The van der Waals surface area contributed by atoms with Gasteiger partial charge in [-0.15, -0.1) is 0 Å². The second kappa shape index (κ2) is 6.06. The fourth-order valence-corrected chi connectivity index (χ4v) is 2.62. The first-order valence-electron chi connectivity index (χ1n) is 7.22. The van der Waals surface area contributed by atoms with Crippen molar-refractivity contribution in [2.24, 2.45) is 0 Å². The zero-order valence-corrected chi connectivity index (χ0v) is 11.2. The number of benzene rings is 1. The topological polar surface area (TPSA) is 49.9 Å². The van der Waals surface area contributed by atoms with E-state index < -0.39 is 0 Å². The lowest BCUT2D eigenvalue weighted by Crippen LogP contribution is -2.12. The lowest BCUT2D eigenvalue weighted by atomic mass is 10.3. The number of anilines is 1. The van der Waals surface area contributed by atoms with Crippen molar-refractivity contribution in [1.82, 2.24) is 9.97 Å². The van der Waals surface area contributed by atoms with Gasteiger partial charge in [-0.2, -0.15) is 0 Å². The predicted molar refractivity (Wildman–Crippen MR) is 77.4 cm³/mol. The molecule has 1 saturated carbocycles. The molecular formula is C15H21N3O. The van der Waals surface area contributed by atoms with Crippen molar-refractivity contribution < 1.29 is 4.74 Å². The SMILES string of the molecule is c1ccc2[nH]c(NCCCOC3CCCC3)nc2c1. The van der Waals surface area contributed by atoms with Crippen molar-refractivity contribution in [3.05, 3.63) is 24.3 Å². The number of imidazole rings is 1. The van der Waals surface area contributed by atoms with E-state index in [1.807, 2.05) is 24.3 Å². The van der Waals surface area contributed by atoms with Crippen LogP contribution in [0.25, 0.3) is 11.0 Å². The average Bonchev–Trinajstić information content (AvgIpc) is 3.06. The van der Waals surface area contributed by atoms with Gasteiger partial charge < -0.3 is 15.0 Å². The third-order valence-corrected chi connectivity index (χ3v) is 3.66. The maximum atomic E-state index is 5.83. The van der Waals surface area contributed by atoms with E-state index in [9.17, 15) is 0 Å². The standard InChI is InChI=1S/C15H21N3O/c1-2-7-12(6-1)19-11-5-10-16-15-17-13-8-3-4-9-14(13)18-15/h3-4,8-9,12H,1-2,5-7,10-11H2,(H2,16,17,18). The van der Waals surface area contributed by atoms with Crippen molar-refractivity contribution in [3.63, 3.8) is 0 Å². The Labute approximate surface area is 113 Å². The quantitative estimate of drug-likeness (QED) is 0.782. The Balaban J connectivity index is 1.39. The first-order valence-corrected chi connectivity index (χ1v) is 7.22. The van der Waals surface area contributed by atoms with E-state index in [2.05, 4.69) is 15.3 Å². The van der Waals surface area contributed by atoms with Crippen molar-refractivity contribution in [2.75, 3.05) is 18.5 Å². The maximum Gasteiger partial charge on any atom is 0.201 e. The van der Waals surface area contributed by atoms with Crippen LogP contribution in [0.1, 0.15) is 32.1 Å². The molecule has 4 heteroatoms. The second-order valence-electron chi connectivity index (χ2n) is 5.16. The summed E-state index contributed by atoms with van der Waals surface area (Å²) in [6.45, 7) is 1.74. The second-order valence-corrected chi connectivity index (χ2v) is 5.16. The average molecular weight is 259 g/mol. The van der Waals surface area contributed by atoms with Gasteiger partial charge in [-0.25, -0.2) is 4.98 Å². The number of nitrogens with one attached hydrogen (secondary N) is 2. The molecule has 1 aliphatic carbocycles. The fourth-order valence-electron chi connectivity index (χ4n) is 2.62. The molecule has 1 aliphatic rings. The molecule has 0 saturated heterocycles. The Bertz CT molecular complexity index is 484. The number of nitrogens with zero attached hydrogens (tertiary/aromatic N) is 1. The Morgan fingerprint density at radius 3 is 2.95 bits per heavy atom. The van der Waals surface area contributed by atoms with E-state index >= 15 is 0 Å². The summed E-state index contributed by atoms with van der Waals surface area (Å²) in [4.78, 5) is 7.74. The number of aromatic nitrogens is 2. The summed E-state index contributed by atoms with van der Waals surface area (Å²) in [5, 5.41) is 3.31. The highest BCUT2D eigenvalue weighted by molar-refractivity contribution is 5.77. The summed E-state index contributed by atoms with van der Waals surface area (Å²) >= 11 is 0. The monoisotopic (exact) mass is 259 g/mol. The Hall–Kier alpha value is -1.55. The molecule has 0 radical (unpaired) electrons. The maximum absolute atomic E-state index is 5.83. The molecule has 2 aromatic rings. The summed E-state index contributed by atoms with van der Waals surface area (Å²) in [7, 11) is 0. The van der Waals surface area contributed by atoms with Crippen LogP contribution in [0.15, 0.2) is 24.3 Å². The minimum atomic E-state index is 0.520. The number of hydrogen-bond donors (Lipinski definition) is 2. The van der Waals surface area contributed by atoms with Crippen LogP contribution in [-0.2, 0) is 4.74 Å². The van der Waals surface area contributed by atoms with Gasteiger partial charge in [0, 0.05) is 13.2 Å². The van der Waals surface area contributed by atoms with Crippen LogP contribution in [-0.4, -0.2) is 29.2 Å². The molecule has 102 valence electrons. The van der Waals surface area contributed by atoms with E-state index in [4.69, 9.17) is 4.74 Å². The van der Waals surface area contributed by atoms with Crippen LogP contribution in [0, 0.1) is 0 Å². The molecule has 0 aliphatic heterocycles. The first-order chi connectivity index (χ1) is 9.42. The third kappa shape index (κ3) is 3.26. The molecule has 2 N–H and O–H groups in total. The summed E-state index contributed by atoms with van der Waals surface area (Å²) in [6, 6.07) is 8.07. The summed E-state index contributed by atoms with van der Waals surface area (Å²) in [6.07, 6.45) is 6.71. The zero-order chi connectivity index (χ0) is 12.9. The largest absolute Gasteiger partial charge is 0.378 e. The van der Waals surface area contributed by atoms with E-state index in [0.717, 1.165) is 36.6 Å². The molecule has 0 spiro atoms. The van der Waals surface area contributed by atoms with Crippen molar-refractivity contribution >= 4 is 17.0 Å². The Morgan fingerprint density at radius 2 is 2.11 bits per heavy atom. The lowest BCUT2D eigenvalue weighted by Gasteiger charge is -2.10. The van der Waals surface area contributed by atoms with Gasteiger partial charge >= 0.3 is 0 Å². The number of para-hydroxylation sites is 2. The number of aromatic amines is 1. The van der Waals surface area contributed by atoms with Crippen LogP contribution < -0.4 is 5.32 Å². The van der Waals surface area contributed by atoms with Crippen molar-refractivity contribution in [2.45, 2.75) is 38.2 Å². The van der Waals surface area contributed by atoms with Crippen LogP contribution in [0.5, 0.6) is 0 Å². The van der Waals surface area contributed by atoms with Crippen molar-refractivity contribution in [3.8, 4) is 0 Å². The molecule has 1 aromatic carbocycles. The minimum Gasteiger partial charge on any atom is -0.378 e. The lowest BCUT2D eigenvalue weighted by molar-refractivity contribution is 0.0583. The minimum absolute atomic E-state index is 0.520. The van der Waals surface area contributed by atoms with Crippen molar-refractivity contribution in [1.29, 1.82) is 0 Å². The van der Waals surface area contributed by atoms with Gasteiger partial charge in [0.15, 0.2) is 0 Å². The fraction of sp³-hybridized carbons (Fsp3) is 0.533. The predicted octanol–water partition coefficient (Wildman–Crippen LogP) is 3.32. The molecular weight excluding hydrogens is 238 g/mol. The molecule has 0 unspecified atom stereocenters. The van der Waals surface area contributed by atoms with Crippen LogP contribution in [0.3, 0.4) is 0 Å². The highest BCUT2D eigenvalue weighted by atomic mass is 16.5. The molecule has 19 heavy (non-hydrogen) atoms. The van der Waals surface area contributed by atoms with E-state index in [0.29, 0.717) is 6.10 Å². The molecule has 1 heterocycles. The van der Waals surface area contributed by atoms with Gasteiger partial charge in [-0.3, -0.25) is 0 Å². The third-order valence-electron chi connectivity index (χ3n) is 3.66. The van der Waals surface area contributed by atoms with Crippen LogP contribution in [0.4, 0.5) is 5.95 Å². The van der Waals surface area contributed by atoms with Gasteiger partial charge in [0.05, 0.1) is 17.1 Å². The highest BCUT2D eigenvalue weighted by Gasteiger charge is 2.14. The smallest absolute Gasteiger partial charge is 0.201 e. The van der Waals surface area contributed by atoms with Gasteiger partial charge in [0.2, 0.25) is 5.95 Å². The number of rotatable bonds is 6. The Kier molecular flexibility index (Phi) is 3.98. The van der Waals surface area contributed by atoms with Crippen LogP contribution in [0.2, 0.25) is 0 Å². The normalized spacial score (nSPS) is 16.2. The van der Waals surface area contributed by atoms with Gasteiger partial charge in [0.25, 0.3) is 0 Å². The number of H-pyrrole nitrogens is 1. The summed E-state index contributed by atoms with van der Waals surface area (Å²) in [5.74, 6) is 0.849.